The Morgan fingerprint density at radius 2 is 1.80 bits per heavy atom. The number of aryl methyl sites for hydroxylation is 4. The highest BCUT2D eigenvalue weighted by atomic mass is 79.9. The van der Waals surface area contributed by atoms with Crippen LogP contribution in [0.2, 0.25) is 0 Å². The molecule has 0 bridgehead atoms. The van der Waals surface area contributed by atoms with E-state index >= 15 is 0 Å². The molecule has 0 aliphatic heterocycles. The molecule has 5 nitrogen and oxygen atoms in total. The second-order valence-corrected chi connectivity index (χ2v) is 7.94. The Bertz CT molecular complexity index is 1210. The third-order valence-electron chi connectivity index (χ3n) is 4.43. The van der Waals surface area contributed by atoms with Crippen LogP contribution in [0.4, 0.5) is 0 Å². The van der Waals surface area contributed by atoms with Gasteiger partial charge in [0.15, 0.2) is 0 Å². The maximum absolute atomic E-state index is 13.1. The van der Waals surface area contributed by atoms with Gasteiger partial charge < -0.3 is 0 Å². The van der Waals surface area contributed by atoms with Gasteiger partial charge in [0, 0.05) is 9.86 Å². The third kappa shape index (κ3) is 2.33. The standard InChI is InChI=1S/C18H15BrN4OS/c1-8-6-5-7-9(2)15(8)23-18(24)16-14(21-22-23)12-10(3)13(19)11(4)20-17(12)25-16/h5-7H,1-4H3. The van der Waals surface area contributed by atoms with E-state index in [-0.39, 0.29) is 5.56 Å². The topological polar surface area (TPSA) is 60.7 Å². The van der Waals surface area contributed by atoms with Crippen molar-refractivity contribution in [2.24, 2.45) is 0 Å². The molecule has 0 radical (unpaired) electrons. The fourth-order valence-corrected chi connectivity index (χ4v) is 4.59. The van der Waals surface area contributed by atoms with Crippen molar-refractivity contribution in [3.63, 3.8) is 0 Å². The van der Waals surface area contributed by atoms with E-state index in [2.05, 4.69) is 31.2 Å². The molecule has 3 aromatic heterocycles. The first-order chi connectivity index (χ1) is 11.9. The summed E-state index contributed by atoms with van der Waals surface area (Å²) in [5.41, 5.74) is 5.18. The van der Waals surface area contributed by atoms with Crippen molar-refractivity contribution >= 4 is 47.7 Å². The number of aromatic nitrogens is 4. The highest BCUT2D eigenvalue weighted by Crippen LogP contribution is 2.35. The van der Waals surface area contributed by atoms with E-state index < -0.39 is 0 Å². The number of pyridine rings is 1. The van der Waals surface area contributed by atoms with E-state index in [1.165, 1.54) is 16.0 Å². The molecule has 0 spiro atoms. The number of fused-ring (bicyclic) bond motifs is 3. The van der Waals surface area contributed by atoms with Gasteiger partial charge in [-0.15, -0.1) is 16.4 Å². The van der Waals surface area contributed by atoms with Crippen molar-refractivity contribution < 1.29 is 0 Å². The molecule has 3 heterocycles. The van der Waals surface area contributed by atoms with E-state index in [1.807, 2.05) is 45.9 Å². The number of para-hydroxylation sites is 1. The fraction of sp³-hybridized carbons (Fsp3) is 0.222. The van der Waals surface area contributed by atoms with Gasteiger partial charge in [-0.3, -0.25) is 4.79 Å². The molecule has 4 aromatic rings. The number of halogens is 1. The lowest BCUT2D eigenvalue weighted by molar-refractivity contribution is 0.733. The number of nitrogens with zero attached hydrogens (tertiary/aromatic N) is 4. The first-order valence-corrected chi connectivity index (χ1v) is 9.42. The fourth-order valence-electron chi connectivity index (χ4n) is 3.16. The second kappa shape index (κ2) is 5.71. The molecular formula is C18H15BrN4OS. The first-order valence-electron chi connectivity index (χ1n) is 7.81. The molecule has 0 saturated carbocycles. The Morgan fingerprint density at radius 3 is 2.48 bits per heavy atom. The van der Waals surface area contributed by atoms with Gasteiger partial charge in [-0.05, 0) is 60.3 Å². The minimum Gasteiger partial charge on any atom is -0.266 e. The Hall–Kier alpha value is -2.12. The summed E-state index contributed by atoms with van der Waals surface area (Å²) in [6.45, 7) is 7.89. The summed E-state index contributed by atoms with van der Waals surface area (Å²) in [7, 11) is 0. The molecule has 0 unspecified atom stereocenters. The number of hydrogen-bond donors (Lipinski definition) is 0. The Labute approximate surface area is 156 Å². The van der Waals surface area contributed by atoms with Gasteiger partial charge in [0.2, 0.25) is 0 Å². The quantitative estimate of drug-likeness (QED) is 0.463. The average molecular weight is 415 g/mol. The van der Waals surface area contributed by atoms with Crippen molar-refractivity contribution in [2.45, 2.75) is 27.7 Å². The summed E-state index contributed by atoms with van der Waals surface area (Å²) in [6.07, 6.45) is 0. The van der Waals surface area contributed by atoms with Crippen LogP contribution in [0.1, 0.15) is 22.4 Å². The lowest BCUT2D eigenvalue weighted by atomic mass is 10.1. The van der Waals surface area contributed by atoms with Gasteiger partial charge in [0.05, 0.1) is 11.4 Å². The minimum atomic E-state index is -0.154. The predicted molar refractivity (Wildman–Crippen MR) is 105 cm³/mol. The van der Waals surface area contributed by atoms with Gasteiger partial charge in [-0.1, -0.05) is 23.4 Å². The maximum atomic E-state index is 13.1. The van der Waals surface area contributed by atoms with Crippen LogP contribution in [0.3, 0.4) is 0 Å². The van der Waals surface area contributed by atoms with Crippen LogP contribution in [-0.4, -0.2) is 20.0 Å². The lowest BCUT2D eigenvalue weighted by Crippen LogP contribution is -2.23. The molecule has 0 N–H and O–H groups in total. The summed E-state index contributed by atoms with van der Waals surface area (Å²) < 4.78 is 2.93. The van der Waals surface area contributed by atoms with Crippen molar-refractivity contribution in [3.05, 3.63) is 55.4 Å². The van der Waals surface area contributed by atoms with E-state index in [0.29, 0.717) is 10.2 Å². The van der Waals surface area contributed by atoms with Crippen LogP contribution in [0.15, 0.2) is 27.5 Å². The smallest absolute Gasteiger partial charge is 0.266 e. The third-order valence-corrected chi connectivity index (χ3v) is 6.66. The average Bonchev–Trinajstić information content (AvgIpc) is 2.93. The zero-order chi connectivity index (χ0) is 17.9. The number of hydrogen-bond acceptors (Lipinski definition) is 5. The summed E-state index contributed by atoms with van der Waals surface area (Å²) in [6, 6.07) is 5.91. The molecule has 0 aliphatic carbocycles. The predicted octanol–water partition coefficient (Wildman–Crippen LogP) is 4.39. The van der Waals surface area contributed by atoms with Gasteiger partial charge in [0.1, 0.15) is 15.0 Å². The maximum Gasteiger partial charge on any atom is 0.292 e. The van der Waals surface area contributed by atoms with E-state index in [0.717, 1.165) is 42.8 Å². The SMILES string of the molecule is Cc1cccc(C)c1-n1nnc2c(sc3nc(C)c(Br)c(C)c32)c1=O. The van der Waals surface area contributed by atoms with Crippen molar-refractivity contribution in [2.75, 3.05) is 0 Å². The number of thiophene rings is 1. The molecular weight excluding hydrogens is 400 g/mol. The Balaban J connectivity index is 2.13. The normalized spacial score (nSPS) is 11.6. The van der Waals surface area contributed by atoms with Crippen LogP contribution in [0.5, 0.6) is 0 Å². The molecule has 4 rings (SSSR count). The monoisotopic (exact) mass is 414 g/mol. The van der Waals surface area contributed by atoms with Gasteiger partial charge in [-0.25, -0.2) is 4.98 Å². The molecule has 0 saturated heterocycles. The van der Waals surface area contributed by atoms with Crippen molar-refractivity contribution in [3.8, 4) is 5.69 Å². The van der Waals surface area contributed by atoms with E-state index in [1.54, 1.807) is 0 Å². The van der Waals surface area contributed by atoms with Crippen molar-refractivity contribution in [1.29, 1.82) is 0 Å². The Kier molecular flexibility index (Phi) is 3.73. The van der Waals surface area contributed by atoms with Crippen LogP contribution < -0.4 is 5.56 Å². The molecule has 25 heavy (non-hydrogen) atoms. The largest absolute Gasteiger partial charge is 0.292 e. The number of rotatable bonds is 1. The van der Waals surface area contributed by atoms with Gasteiger partial charge >= 0.3 is 0 Å². The van der Waals surface area contributed by atoms with Crippen LogP contribution >= 0.6 is 27.3 Å². The lowest BCUT2D eigenvalue weighted by Gasteiger charge is -2.10. The molecule has 0 amide bonds. The van der Waals surface area contributed by atoms with Crippen LogP contribution in [0, 0.1) is 27.7 Å². The first kappa shape index (κ1) is 16.4. The van der Waals surface area contributed by atoms with Gasteiger partial charge in [-0.2, -0.15) is 4.68 Å². The highest BCUT2D eigenvalue weighted by molar-refractivity contribution is 9.10. The van der Waals surface area contributed by atoms with E-state index in [9.17, 15) is 4.79 Å². The van der Waals surface area contributed by atoms with E-state index in [4.69, 9.17) is 0 Å². The molecule has 126 valence electrons. The van der Waals surface area contributed by atoms with Crippen LogP contribution in [-0.2, 0) is 0 Å². The summed E-state index contributed by atoms with van der Waals surface area (Å²) in [5, 5.41) is 9.51. The zero-order valence-electron chi connectivity index (χ0n) is 14.2. The molecule has 0 atom stereocenters. The zero-order valence-corrected chi connectivity index (χ0v) is 16.6. The summed E-state index contributed by atoms with van der Waals surface area (Å²) >= 11 is 4.95. The van der Waals surface area contributed by atoms with Gasteiger partial charge in [0.25, 0.3) is 5.56 Å². The number of benzene rings is 1. The molecule has 7 heteroatoms. The van der Waals surface area contributed by atoms with Crippen LogP contribution in [0.25, 0.3) is 26.1 Å². The highest BCUT2D eigenvalue weighted by Gasteiger charge is 2.19. The summed E-state index contributed by atoms with van der Waals surface area (Å²) in [5.74, 6) is 0. The molecule has 0 aliphatic rings. The Morgan fingerprint density at radius 1 is 1.12 bits per heavy atom. The summed E-state index contributed by atoms with van der Waals surface area (Å²) in [4.78, 5) is 18.5. The minimum absolute atomic E-state index is 0.154. The molecule has 0 fully saturated rings. The van der Waals surface area contributed by atoms with Crippen molar-refractivity contribution in [1.82, 2.24) is 20.0 Å². The molecule has 1 aromatic carbocycles. The second-order valence-electron chi connectivity index (χ2n) is 6.14.